The van der Waals surface area contributed by atoms with E-state index in [0.29, 0.717) is 6.42 Å². The summed E-state index contributed by atoms with van der Waals surface area (Å²) in [4.78, 5) is 0. The highest BCUT2D eigenvalue weighted by molar-refractivity contribution is 6.74. The average Bonchev–Trinajstić information content (AvgIpc) is 2.60. The first kappa shape index (κ1) is 16.4. The third kappa shape index (κ3) is 2.83. The molecule has 1 heterocycles. The smallest absolute Gasteiger partial charge is 0.192 e. The van der Waals surface area contributed by atoms with Crippen LogP contribution in [-0.4, -0.2) is 43.1 Å². The molecule has 118 valence electrons. The first-order chi connectivity index (χ1) is 8.75. The van der Waals surface area contributed by atoms with Gasteiger partial charge in [-0.05, 0) is 38.9 Å². The monoisotopic (exact) mass is 302 g/mol. The van der Waals surface area contributed by atoms with Crippen molar-refractivity contribution in [3.05, 3.63) is 0 Å². The average molecular weight is 302 g/mol. The Hall–Kier alpha value is 0.0569. The van der Waals surface area contributed by atoms with Crippen molar-refractivity contribution in [2.24, 2.45) is 0 Å². The first-order valence-electron chi connectivity index (χ1n) is 7.51. The van der Waals surface area contributed by atoms with Crippen LogP contribution < -0.4 is 0 Å². The minimum absolute atomic E-state index is 0.0855. The van der Waals surface area contributed by atoms with E-state index in [0.717, 1.165) is 0 Å². The Morgan fingerprint density at radius 1 is 1.15 bits per heavy atom. The van der Waals surface area contributed by atoms with Crippen LogP contribution in [0.3, 0.4) is 0 Å². The van der Waals surface area contributed by atoms with Crippen LogP contribution in [-0.2, 0) is 13.9 Å². The molecule has 0 aromatic carbocycles. The van der Waals surface area contributed by atoms with Gasteiger partial charge in [-0.15, -0.1) is 0 Å². The molecule has 20 heavy (non-hydrogen) atoms. The maximum Gasteiger partial charge on any atom is 0.192 e. The molecular weight excluding hydrogens is 272 g/mol. The van der Waals surface area contributed by atoms with Crippen molar-refractivity contribution in [1.29, 1.82) is 0 Å². The Morgan fingerprint density at radius 2 is 1.70 bits per heavy atom. The van der Waals surface area contributed by atoms with Gasteiger partial charge in [-0.1, -0.05) is 20.8 Å². The highest BCUT2D eigenvalue weighted by atomic mass is 28.4. The van der Waals surface area contributed by atoms with Crippen molar-refractivity contribution in [1.82, 2.24) is 0 Å². The second-order valence-corrected chi connectivity index (χ2v) is 13.3. The third-order valence-corrected chi connectivity index (χ3v) is 9.48. The van der Waals surface area contributed by atoms with Crippen molar-refractivity contribution < 1.29 is 19.0 Å². The minimum atomic E-state index is -1.89. The number of fused-ring (bicyclic) bond motifs is 1. The highest BCUT2D eigenvalue weighted by Crippen LogP contribution is 2.47. The molecule has 0 unspecified atom stereocenters. The van der Waals surface area contributed by atoms with Crippen LogP contribution in [0.25, 0.3) is 0 Å². The Kier molecular flexibility index (Phi) is 3.72. The van der Waals surface area contributed by atoms with Crippen molar-refractivity contribution >= 4 is 8.32 Å². The molecule has 1 aliphatic heterocycles. The molecule has 0 amide bonds. The number of hydrogen-bond donors (Lipinski definition) is 1. The predicted octanol–water partition coefficient (Wildman–Crippen LogP) is 3.05. The van der Waals surface area contributed by atoms with E-state index in [1.807, 2.05) is 20.8 Å². The second kappa shape index (κ2) is 4.52. The van der Waals surface area contributed by atoms with Gasteiger partial charge < -0.3 is 19.0 Å². The Bertz CT molecular complexity index is 384. The topological polar surface area (TPSA) is 47.9 Å². The molecular formula is C15H30O4Si. The van der Waals surface area contributed by atoms with Crippen molar-refractivity contribution in [3.8, 4) is 0 Å². The van der Waals surface area contributed by atoms with Gasteiger partial charge in [0.1, 0.15) is 12.2 Å². The summed E-state index contributed by atoms with van der Waals surface area (Å²) in [7, 11) is -1.89. The minimum Gasteiger partial charge on any atom is -0.411 e. The van der Waals surface area contributed by atoms with Crippen LogP contribution in [0.1, 0.15) is 48.0 Å². The second-order valence-electron chi connectivity index (χ2n) is 8.50. The summed E-state index contributed by atoms with van der Waals surface area (Å²) in [6.07, 6.45) is 0.0179. The van der Waals surface area contributed by atoms with Crippen molar-refractivity contribution in [2.45, 2.75) is 95.8 Å². The van der Waals surface area contributed by atoms with Gasteiger partial charge in [0.25, 0.3) is 0 Å². The first-order valence-corrected chi connectivity index (χ1v) is 10.4. The van der Waals surface area contributed by atoms with Crippen LogP contribution in [0, 0.1) is 0 Å². The summed E-state index contributed by atoms with van der Waals surface area (Å²) in [5, 5.41) is 10.7. The van der Waals surface area contributed by atoms with E-state index in [1.54, 1.807) is 0 Å². The van der Waals surface area contributed by atoms with E-state index in [1.165, 1.54) is 0 Å². The Labute approximate surface area is 123 Å². The van der Waals surface area contributed by atoms with Gasteiger partial charge in [0.15, 0.2) is 14.1 Å². The zero-order chi connectivity index (χ0) is 15.6. The lowest BCUT2D eigenvalue weighted by Gasteiger charge is -2.39. The molecule has 2 fully saturated rings. The molecule has 0 aromatic rings. The lowest BCUT2D eigenvalue weighted by molar-refractivity contribution is -0.183. The van der Waals surface area contributed by atoms with E-state index in [2.05, 4.69) is 33.9 Å². The van der Waals surface area contributed by atoms with Gasteiger partial charge in [-0.3, -0.25) is 0 Å². The van der Waals surface area contributed by atoms with Gasteiger partial charge in [-0.25, -0.2) is 0 Å². The van der Waals surface area contributed by atoms with E-state index in [4.69, 9.17) is 13.9 Å². The molecule has 1 aliphatic carbocycles. The van der Waals surface area contributed by atoms with Crippen LogP contribution in [0.15, 0.2) is 0 Å². The fourth-order valence-corrected chi connectivity index (χ4v) is 4.17. The maximum absolute atomic E-state index is 10.6. The maximum atomic E-state index is 10.6. The summed E-state index contributed by atoms with van der Waals surface area (Å²) < 4.78 is 18.4. The molecule has 2 rings (SSSR count). The Morgan fingerprint density at radius 3 is 2.20 bits per heavy atom. The molecule has 2 aliphatic rings. The molecule has 5 heteroatoms. The number of rotatable bonds is 2. The van der Waals surface area contributed by atoms with E-state index in [-0.39, 0.29) is 23.4 Å². The normalized spacial score (nSPS) is 41.0. The number of ether oxygens (including phenoxy) is 2. The molecule has 0 spiro atoms. The van der Waals surface area contributed by atoms with Crippen LogP contribution in [0.2, 0.25) is 18.1 Å². The largest absolute Gasteiger partial charge is 0.411 e. The summed E-state index contributed by atoms with van der Waals surface area (Å²) in [5.41, 5.74) is -0.883. The molecule has 0 aromatic heterocycles. The van der Waals surface area contributed by atoms with E-state index in [9.17, 15) is 5.11 Å². The van der Waals surface area contributed by atoms with Gasteiger partial charge in [-0.2, -0.15) is 0 Å². The predicted molar refractivity (Wildman–Crippen MR) is 81.1 cm³/mol. The summed E-state index contributed by atoms with van der Waals surface area (Å²) in [5.74, 6) is -0.644. The Balaban J connectivity index is 2.18. The lowest BCUT2D eigenvalue weighted by Crippen LogP contribution is -2.46. The molecule has 0 bridgehead atoms. The van der Waals surface area contributed by atoms with Crippen LogP contribution >= 0.6 is 0 Å². The zero-order valence-corrected chi connectivity index (χ0v) is 15.1. The van der Waals surface area contributed by atoms with Crippen LogP contribution in [0.5, 0.6) is 0 Å². The molecule has 1 N–H and O–H groups in total. The fraction of sp³-hybridized carbons (Fsp3) is 1.00. The molecule has 1 saturated heterocycles. The molecule has 1 saturated carbocycles. The molecule has 4 atom stereocenters. The number of aliphatic hydroxyl groups is 1. The summed E-state index contributed by atoms with van der Waals surface area (Å²) in [6.45, 7) is 16.7. The van der Waals surface area contributed by atoms with E-state index >= 15 is 0 Å². The summed E-state index contributed by atoms with van der Waals surface area (Å²) in [6, 6.07) is 0. The van der Waals surface area contributed by atoms with Gasteiger partial charge >= 0.3 is 0 Å². The quantitative estimate of drug-likeness (QED) is 0.797. The fourth-order valence-electron chi connectivity index (χ4n) is 2.85. The highest BCUT2D eigenvalue weighted by Gasteiger charge is 2.60. The van der Waals surface area contributed by atoms with Crippen molar-refractivity contribution in [2.75, 3.05) is 0 Å². The van der Waals surface area contributed by atoms with Gasteiger partial charge in [0, 0.05) is 6.42 Å². The van der Waals surface area contributed by atoms with Crippen LogP contribution in [0.4, 0.5) is 0 Å². The SMILES string of the molecule is CC1(C)O[C@@H]2[C@@H](O[Si](C)(C)C(C)(C)C)C[C@](C)(O)[C@@H]2O1. The molecule has 0 radical (unpaired) electrons. The standard InChI is InChI=1S/C15H30O4Si/c1-13(2,3)20(7,8)19-10-9-15(6,16)12-11(10)17-14(4,5)18-12/h10-12,16H,9H2,1-8H3/t10-,11+,12+,15-/m0/s1. The third-order valence-electron chi connectivity index (χ3n) is 4.98. The molecule has 4 nitrogen and oxygen atoms in total. The van der Waals surface area contributed by atoms with Gasteiger partial charge in [0.2, 0.25) is 0 Å². The summed E-state index contributed by atoms with van der Waals surface area (Å²) >= 11 is 0. The lowest BCUT2D eigenvalue weighted by atomic mass is 10.0. The zero-order valence-electron chi connectivity index (χ0n) is 14.1. The van der Waals surface area contributed by atoms with E-state index < -0.39 is 19.7 Å². The van der Waals surface area contributed by atoms with Gasteiger partial charge in [0.05, 0.1) is 11.7 Å². The van der Waals surface area contributed by atoms with Crippen molar-refractivity contribution in [3.63, 3.8) is 0 Å². The number of hydrogen-bond acceptors (Lipinski definition) is 4.